The van der Waals surface area contributed by atoms with E-state index in [0.717, 1.165) is 22.3 Å². The zero-order valence-corrected chi connectivity index (χ0v) is 17.7. The van der Waals surface area contributed by atoms with Crippen LogP contribution in [0.5, 0.6) is 0 Å². The predicted molar refractivity (Wildman–Crippen MR) is 94.6 cm³/mol. The maximum absolute atomic E-state index is 10.0. The molecule has 0 unspecified atom stereocenters. The average molecular weight is 362 g/mol. The quantitative estimate of drug-likeness (QED) is 0.443. The summed E-state index contributed by atoms with van der Waals surface area (Å²) in [6.07, 6.45) is 8.34. The van der Waals surface area contributed by atoms with Gasteiger partial charge in [0.15, 0.2) is 3.95 Å². The molecule has 6 heteroatoms. The van der Waals surface area contributed by atoms with Crippen LogP contribution < -0.4 is 34.7 Å². The van der Waals surface area contributed by atoms with E-state index in [1.165, 1.54) is 36.8 Å². The monoisotopic (exact) mass is 361 g/mol. The van der Waals surface area contributed by atoms with Gasteiger partial charge in [0.2, 0.25) is 0 Å². The number of hydrogen-bond donors (Lipinski definition) is 1. The number of benzene rings is 1. The third kappa shape index (κ3) is 11.1. The van der Waals surface area contributed by atoms with E-state index in [-0.39, 0.29) is 36.0 Å². The Morgan fingerprint density at radius 3 is 2.35 bits per heavy atom. The second-order valence-corrected chi connectivity index (χ2v) is 6.97. The van der Waals surface area contributed by atoms with E-state index in [0.29, 0.717) is 0 Å². The van der Waals surface area contributed by atoms with Gasteiger partial charge in [0.05, 0.1) is 10.2 Å². The summed E-state index contributed by atoms with van der Waals surface area (Å²) in [6.45, 7) is 2.19. The van der Waals surface area contributed by atoms with E-state index < -0.39 is 5.97 Å². The fourth-order valence-corrected chi connectivity index (χ4v) is 3.24. The maximum Gasteiger partial charge on any atom is 1.00 e. The molecule has 0 bridgehead atoms. The molecule has 1 N–H and O–H groups in total. The van der Waals surface area contributed by atoms with Gasteiger partial charge in [-0.2, -0.15) is 0 Å². The molecule has 2 aromatic rings. The minimum Gasteiger partial charge on any atom is -0.550 e. The normalized spacial score (nSPS) is 9.78. The number of thiazole rings is 1. The zero-order chi connectivity index (χ0) is 16.2. The number of carboxylic acids is 1. The molecule has 1 aromatic carbocycles. The Morgan fingerprint density at radius 2 is 1.74 bits per heavy atom. The summed E-state index contributed by atoms with van der Waals surface area (Å²) < 4.78 is 2.08. The standard InChI is InChI=1S/C10H20O2.C7H5NS2.Na/c1-2-3-4-5-6-7-8-9-10(11)12;9-7-8-5-3-1-2-4-6(5)10-7;/h2-9H2,1H3,(H,11,12);1-4H,(H,8,9);/q;;+1/p-1. The minimum absolute atomic E-state index is 0. The maximum atomic E-state index is 10.0. The summed E-state index contributed by atoms with van der Waals surface area (Å²) in [7, 11) is 0. The minimum atomic E-state index is -0.913. The van der Waals surface area contributed by atoms with Gasteiger partial charge < -0.3 is 14.9 Å². The largest absolute Gasteiger partial charge is 1.00 e. The van der Waals surface area contributed by atoms with Crippen molar-refractivity contribution in [3.63, 3.8) is 0 Å². The molecule has 0 amide bonds. The fraction of sp³-hybridized carbons (Fsp3) is 0.529. The van der Waals surface area contributed by atoms with Gasteiger partial charge in [-0.3, -0.25) is 0 Å². The first-order chi connectivity index (χ1) is 10.6. The van der Waals surface area contributed by atoms with Gasteiger partial charge in [0.25, 0.3) is 0 Å². The van der Waals surface area contributed by atoms with Crippen molar-refractivity contribution >= 4 is 39.7 Å². The van der Waals surface area contributed by atoms with Crippen LogP contribution >= 0.6 is 23.6 Å². The molecule has 0 saturated carbocycles. The van der Waals surface area contributed by atoms with Crippen molar-refractivity contribution < 1.29 is 39.5 Å². The number of carboxylic acid groups (broad SMARTS) is 1. The first-order valence-corrected chi connectivity index (χ1v) is 9.13. The molecule has 2 rings (SSSR count). The Hall–Kier alpha value is -0.200. The molecule has 0 saturated heterocycles. The first kappa shape index (κ1) is 22.8. The van der Waals surface area contributed by atoms with Crippen LogP contribution in [0.2, 0.25) is 0 Å². The van der Waals surface area contributed by atoms with E-state index in [9.17, 15) is 9.90 Å². The van der Waals surface area contributed by atoms with Gasteiger partial charge in [-0.05, 0) is 37.2 Å². The smallest absolute Gasteiger partial charge is 0.550 e. The molecule has 0 atom stereocenters. The number of carbonyl (C=O) groups is 1. The van der Waals surface area contributed by atoms with E-state index in [4.69, 9.17) is 12.2 Å². The summed E-state index contributed by atoms with van der Waals surface area (Å²) in [5, 5.41) is 10.0. The van der Waals surface area contributed by atoms with Crippen molar-refractivity contribution in [1.29, 1.82) is 0 Å². The number of hydrogen-bond acceptors (Lipinski definition) is 4. The number of H-pyrrole nitrogens is 1. The van der Waals surface area contributed by atoms with Gasteiger partial charge in [-0.1, -0.05) is 57.6 Å². The summed E-state index contributed by atoms with van der Waals surface area (Å²) in [5.74, 6) is -0.913. The van der Waals surface area contributed by atoms with Crippen LogP contribution in [-0.4, -0.2) is 11.0 Å². The van der Waals surface area contributed by atoms with E-state index in [1.54, 1.807) is 11.3 Å². The van der Waals surface area contributed by atoms with Gasteiger partial charge in [-0.15, -0.1) is 11.3 Å². The predicted octanol–water partition coefficient (Wildman–Crippen LogP) is 1.84. The molecular weight excluding hydrogens is 337 g/mol. The van der Waals surface area contributed by atoms with Crippen LogP contribution in [0, 0.1) is 3.95 Å². The Balaban J connectivity index is 0.000000406. The molecule has 122 valence electrons. The number of para-hydroxylation sites is 1. The Bertz CT molecular complexity index is 574. The number of unbranched alkanes of at least 4 members (excludes halogenated alkanes) is 6. The van der Waals surface area contributed by atoms with Crippen LogP contribution in [0.4, 0.5) is 0 Å². The number of rotatable bonds is 8. The summed E-state index contributed by atoms with van der Waals surface area (Å²) in [5.41, 5.74) is 1.14. The van der Waals surface area contributed by atoms with Crippen LogP contribution in [0.15, 0.2) is 24.3 Å². The summed E-state index contributed by atoms with van der Waals surface area (Å²) >= 11 is 6.59. The Kier molecular flexibility index (Phi) is 14.0. The fourth-order valence-electron chi connectivity index (χ4n) is 2.12. The van der Waals surface area contributed by atoms with Gasteiger partial charge >= 0.3 is 29.6 Å². The zero-order valence-electron chi connectivity index (χ0n) is 14.1. The van der Waals surface area contributed by atoms with Crippen LogP contribution in [-0.2, 0) is 4.79 Å². The second kappa shape index (κ2) is 14.2. The molecule has 0 aliphatic rings. The van der Waals surface area contributed by atoms with Gasteiger partial charge in [0, 0.05) is 5.97 Å². The molecule has 0 aliphatic heterocycles. The number of nitrogens with one attached hydrogen (secondary N) is 1. The number of aliphatic carboxylic acids is 1. The SMILES string of the molecule is CCCCCCCCCC(=O)[O-].S=c1[nH]c2ccccc2s1.[Na+]. The molecule has 0 aliphatic carbocycles. The van der Waals surface area contributed by atoms with Crippen LogP contribution in [0.3, 0.4) is 0 Å². The summed E-state index contributed by atoms with van der Waals surface area (Å²) in [6, 6.07) is 8.11. The number of aromatic nitrogens is 1. The van der Waals surface area contributed by atoms with Crippen molar-refractivity contribution in [3.8, 4) is 0 Å². The number of fused-ring (bicyclic) bond motifs is 1. The van der Waals surface area contributed by atoms with Crippen molar-refractivity contribution in [2.24, 2.45) is 0 Å². The first-order valence-electron chi connectivity index (χ1n) is 7.91. The number of aromatic amines is 1. The van der Waals surface area contributed by atoms with Crippen molar-refractivity contribution in [1.82, 2.24) is 4.98 Å². The van der Waals surface area contributed by atoms with Crippen molar-refractivity contribution in [2.75, 3.05) is 0 Å². The van der Waals surface area contributed by atoms with Crippen molar-refractivity contribution in [2.45, 2.75) is 58.3 Å². The van der Waals surface area contributed by atoms with Crippen LogP contribution in [0.1, 0.15) is 58.3 Å². The Morgan fingerprint density at radius 1 is 1.13 bits per heavy atom. The summed E-state index contributed by atoms with van der Waals surface area (Å²) in [4.78, 5) is 13.1. The topological polar surface area (TPSA) is 55.9 Å². The van der Waals surface area contributed by atoms with Crippen molar-refractivity contribution in [3.05, 3.63) is 28.2 Å². The molecule has 3 nitrogen and oxygen atoms in total. The molecule has 23 heavy (non-hydrogen) atoms. The van der Waals surface area contributed by atoms with Gasteiger partial charge in [0.1, 0.15) is 0 Å². The van der Waals surface area contributed by atoms with Gasteiger partial charge in [-0.25, -0.2) is 0 Å². The van der Waals surface area contributed by atoms with E-state index in [2.05, 4.69) is 18.0 Å². The molecule has 1 aromatic heterocycles. The second-order valence-electron chi connectivity index (χ2n) is 5.25. The molecular formula is C17H24NNaO2S2. The van der Waals surface area contributed by atoms with E-state index >= 15 is 0 Å². The van der Waals surface area contributed by atoms with E-state index in [1.807, 2.05) is 18.2 Å². The third-order valence-corrected chi connectivity index (χ3v) is 4.53. The molecule has 0 radical (unpaired) electrons. The average Bonchev–Trinajstić information content (AvgIpc) is 2.87. The molecule has 0 spiro atoms. The molecule has 0 fully saturated rings. The van der Waals surface area contributed by atoms with Crippen LogP contribution in [0.25, 0.3) is 10.2 Å². The molecule has 1 heterocycles. The Labute approximate surface area is 169 Å². The third-order valence-electron chi connectivity index (χ3n) is 3.31. The number of carbonyl (C=O) groups excluding carboxylic acids is 1.